The first-order chi connectivity index (χ1) is 11.2. The van der Waals surface area contributed by atoms with E-state index in [1.54, 1.807) is 4.31 Å². The second-order valence-corrected chi connectivity index (χ2v) is 9.70. The Morgan fingerprint density at radius 3 is 2.67 bits per heavy atom. The number of hydrogen-bond donors (Lipinski definition) is 1. The minimum atomic E-state index is -3.10. The molecule has 3 aliphatic rings. The number of sulfonamides is 1. The van der Waals surface area contributed by atoms with E-state index in [9.17, 15) is 13.2 Å². The number of fused-ring (bicyclic) bond motifs is 2. The van der Waals surface area contributed by atoms with Gasteiger partial charge in [0.05, 0.1) is 6.26 Å². The summed E-state index contributed by atoms with van der Waals surface area (Å²) in [6, 6.07) is 0.738. The van der Waals surface area contributed by atoms with Gasteiger partial charge >= 0.3 is 0 Å². The zero-order valence-electron chi connectivity index (χ0n) is 14.8. The maximum absolute atomic E-state index is 12.1. The lowest BCUT2D eigenvalue weighted by Crippen LogP contribution is -2.59. The van der Waals surface area contributed by atoms with Gasteiger partial charge in [-0.25, -0.2) is 12.7 Å². The van der Waals surface area contributed by atoms with Crippen LogP contribution in [0.15, 0.2) is 0 Å². The van der Waals surface area contributed by atoms with Crippen LogP contribution >= 0.6 is 0 Å². The highest BCUT2D eigenvalue weighted by Crippen LogP contribution is 2.43. The van der Waals surface area contributed by atoms with E-state index in [1.165, 1.54) is 6.26 Å². The molecule has 0 radical (unpaired) electrons. The molecule has 3 heterocycles. The molecule has 1 amide bonds. The molecule has 138 valence electrons. The van der Waals surface area contributed by atoms with E-state index in [-0.39, 0.29) is 11.9 Å². The van der Waals surface area contributed by atoms with Crippen molar-refractivity contribution < 1.29 is 13.2 Å². The molecule has 3 aliphatic heterocycles. The fourth-order valence-corrected chi connectivity index (χ4v) is 5.74. The van der Waals surface area contributed by atoms with Crippen LogP contribution in [0.25, 0.3) is 0 Å². The van der Waals surface area contributed by atoms with E-state index in [2.05, 4.69) is 16.8 Å². The molecule has 0 aromatic rings. The van der Waals surface area contributed by atoms with Crippen molar-refractivity contribution >= 4 is 15.9 Å². The van der Waals surface area contributed by atoms with Crippen LogP contribution < -0.4 is 5.73 Å². The Hall–Kier alpha value is -0.700. The van der Waals surface area contributed by atoms with Crippen LogP contribution in [-0.2, 0) is 14.8 Å². The zero-order chi connectivity index (χ0) is 17.5. The zero-order valence-corrected chi connectivity index (χ0v) is 15.6. The molecule has 2 N–H and O–H groups in total. The number of primary amides is 1. The van der Waals surface area contributed by atoms with Gasteiger partial charge in [0, 0.05) is 38.3 Å². The summed E-state index contributed by atoms with van der Waals surface area (Å²) in [5.41, 5.74) is 5.32. The quantitative estimate of drug-likeness (QED) is 0.712. The van der Waals surface area contributed by atoms with Gasteiger partial charge in [-0.2, -0.15) is 0 Å². The SMILES string of the molecule is CN(CCN1[C@@H]2CCC[C@@]1(C(N)=O)CC2)[C@@H]1CCN(S(C)(=O)=O)C1. The van der Waals surface area contributed by atoms with Gasteiger partial charge in [-0.3, -0.25) is 9.69 Å². The molecule has 3 rings (SSSR count). The molecule has 7 nitrogen and oxygen atoms in total. The van der Waals surface area contributed by atoms with Crippen molar-refractivity contribution in [1.29, 1.82) is 0 Å². The number of hydrogen-bond acceptors (Lipinski definition) is 5. The molecular weight excluding hydrogens is 328 g/mol. The molecule has 24 heavy (non-hydrogen) atoms. The largest absolute Gasteiger partial charge is 0.368 e. The lowest BCUT2D eigenvalue weighted by Gasteiger charge is -2.43. The third-order valence-electron chi connectivity index (χ3n) is 6.38. The van der Waals surface area contributed by atoms with Crippen LogP contribution in [0.3, 0.4) is 0 Å². The maximum Gasteiger partial charge on any atom is 0.237 e. The van der Waals surface area contributed by atoms with Gasteiger partial charge in [0.1, 0.15) is 5.54 Å². The van der Waals surface area contributed by atoms with E-state index >= 15 is 0 Å². The highest BCUT2D eigenvalue weighted by atomic mass is 32.2. The summed E-state index contributed by atoms with van der Waals surface area (Å²) < 4.78 is 24.9. The number of piperidine rings is 1. The van der Waals surface area contributed by atoms with Crippen molar-refractivity contribution in [2.24, 2.45) is 5.73 Å². The van der Waals surface area contributed by atoms with Gasteiger partial charge in [0.15, 0.2) is 0 Å². The number of nitrogens with two attached hydrogens (primary N) is 1. The molecule has 3 fully saturated rings. The predicted molar refractivity (Wildman–Crippen MR) is 93.0 cm³/mol. The highest BCUT2D eigenvalue weighted by Gasteiger charge is 2.52. The van der Waals surface area contributed by atoms with Crippen LogP contribution in [-0.4, -0.2) is 85.5 Å². The summed E-state index contributed by atoms with van der Waals surface area (Å²) in [5.74, 6) is -0.170. The molecule has 0 aliphatic carbocycles. The van der Waals surface area contributed by atoms with Crippen molar-refractivity contribution in [1.82, 2.24) is 14.1 Å². The predicted octanol–water partition coefficient (Wildman–Crippen LogP) is -0.175. The summed E-state index contributed by atoms with van der Waals surface area (Å²) in [4.78, 5) is 16.7. The van der Waals surface area contributed by atoms with Crippen molar-refractivity contribution in [3.63, 3.8) is 0 Å². The molecule has 3 saturated heterocycles. The topological polar surface area (TPSA) is 86.9 Å². The van der Waals surface area contributed by atoms with E-state index in [1.807, 2.05) is 0 Å². The summed E-state index contributed by atoms with van der Waals surface area (Å²) in [7, 11) is -1.04. The molecule has 8 heteroatoms. The smallest absolute Gasteiger partial charge is 0.237 e. The molecule has 3 atom stereocenters. The van der Waals surface area contributed by atoms with Crippen molar-refractivity contribution in [2.45, 2.75) is 56.1 Å². The van der Waals surface area contributed by atoms with Crippen molar-refractivity contribution in [2.75, 3.05) is 39.5 Å². The number of likely N-dealkylation sites (N-methyl/N-ethyl adjacent to an activating group) is 1. The average Bonchev–Trinajstić information content (AvgIpc) is 3.07. The first-order valence-corrected chi connectivity index (χ1v) is 10.8. The molecule has 0 aromatic heterocycles. The van der Waals surface area contributed by atoms with Gasteiger partial charge < -0.3 is 10.6 Å². The maximum atomic E-state index is 12.1. The van der Waals surface area contributed by atoms with Crippen molar-refractivity contribution in [3.05, 3.63) is 0 Å². The summed E-state index contributed by atoms with van der Waals surface area (Å²) in [6.07, 6.45) is 7.23. The van der Waals surface area contributed by atoms with Gasteiger partial charge in [-0.1, -0.05) is 0 Å². The molecule has 0 unspecified atom stereocenters. The van der Waals surface area contributed by atoms with Gasteiger partial charge in [0.2, 0.25) is 15.9 Å². The lowest BCUT2D eigenvalue weighted by molar-refractivity contribution is -0.131. The van der Waals surface area contributed by atoms with E-state index < -0.39 is 15.6 Å². The van der Waals surface area contributed by atoms with Gasteiger partial charge in [-0.15, -0.1) is 0 Å². The molecule has 0 aromatic carbocycles. The molecule has 0 saturated carbocycles. The van der Waals surface area contributed by atoms with E-state index in [0.29, 0.717) is 19.1 Å². The lowest BCUT2D eigenvalue weighted by atomic mass is 9.87. The number of carbonyl (C=O) groups excluding carboxylic acids is 1. The third-order valence-corrected chi connectivity index (χ3v) is 7.65. The fraction of sp³-hybridized carbons (Fsp3) is 0.938. The first-order valence-electron chi connectivity index (χ1n) is 8.96. The molecule has 2 bridgehead atoms. The fourth-order valence-electron chi connectivity index (χ4n) is 4.86. The van der Waals surface area contributed by atoms with Gasteiger partial charge in [0.25, 0.3) is 0 Å². The van der Waals surface area contributed by atoms with Crippen molar-refractivity contribution in [3.8, 4) is 0 Å². The number of amides is 1. The summed E-state index contributed by atoms with van der Waals surface area (Å²) in [5, 5.41) is 0. The standard InChI is InChI=1S/C16H30N4O3S/c1-18(14-6-9-19(12-14)24(2,22)23)10-11-20-13-4-3-7-16(20,8-5-13)15(17)21/h13-14H,3-12H2,1-2H3,(H2,17,21)/t13-,14-,16+/m1/s1. The summed E-state index contributed by atoms with van der Waals surface area (Å²) in [6.45, 7) is 2.85. The number of carbonyl (C=O) groups is 1. The second kappa shape index (κ2) is 6.55. The summed E-state index contributed by atoms with van der Waals surface area (Å²) >= 11 is 0. The number of nitrogens with zero attached hydrogens (tertiary/aromatic N) is 3. The normalized spacial score (nSPS) is 35.0. The highest BCUT2D eigenvalue weighted by molar-refractivity contribution is 7.88. The van der Waals surface area contributed by atoms with Crippen LogP contribution in [0.5, 0.6) is 0 Å². The third kappa shape index (κ3) is 3.21. The van der Waals surface area contributed by atoms with E-state index in [4.69, 9.17) is 5.73 Å². The first kappa shape index (κ1) is 18.1. The molecule has 0 spiro atoms. The van der Waals surface area contributed by atoms with Crippen LogP contribution in [0, 0.1) is 0 Å². The van der Waals surface area contributed by atoms with Crippen LogP contribution in [0.4, 0.5) is 0 Å². The second-order valence-electron chi connectivity index (χ2n) is 7.72. The van der Waals surface area contributed by atoms with Gasteiger partial charge in [-0.05, 0) is 45.6 Å². The average molecular weight is 359 g/mol. The Morgan fingerprint density at radius 1 is 1.29 bits per heavy atom. The minimum Gasteiger partial charge on any atom is -0.368 e. The van der Waals surface area contributed by atoms with Crippen LogP contribution in [0.1, 0.15) is 38.5 Å². The molecular formula is C16H30N4O3S. The Morgan fingerprint density at radius 2 is 2.04 bits per heavy atom. The Labute approximate surface area is 145 Å². The Bertz CT molecular complexity index is 592. The monoisotopic (exact) mass is 358 g/mol. The van der Waals surface area contributed by atoms with Crippen LogP contribution in [0.2, 0.25) is 0 Å². The minimum absolute atomic E-state index is 0.170. The Balaban J connectivity index is 1.58. The van der Waals surface area contributed by atoms with E-state index in [0.717, 1.165) is 51.6 Å². The Kier molecular flexibility index (Phi) is 4.94. The number of rotatable bonds is 6.